The summed E-state index contributed by atoms with van der Waals surface area (Å²) in [7, 11) is 0. The molecule has 0 saturated heterocycles. The standard InChI is InChI=1S/C17H19N5O2S/c1-2-3-9-18-13(23)10-25-17-21-14-15(19-11-20-16(14)24)22(17)12-7-5-4-6-8-12/h4-8,11H,2-3,9-10H2,1H3,(H,18,23)(H,19,20,24). The summed E-state index contributed by atoms with van der Waals surface area (Å²) in [5.41, 5.74) is 1.29. The van der Waals surface area contributed by atoms with Gasteiger partial charge < -0.3 is 10.3 Å². The number of rotatable bonds is 7. The van der Waals surface area contributed by atoms with E-state index >= 15 is 0 Å². The van der Waals surface area contributed by atoms with Crippen LogP contribution >= 0.6 is 11.8 Å². The van der Waals surface area contributed by atoms with Crippen LogP contribution in [0.15, 0.2) is 46.6 Å². The SMILES string of the molecule is CCCCNC(=O)CSc1nc2c(=O)[nH]cnc2n1-c1ccccc1. The zero-order chi connectivity index (χ0) is 17.6. The number of imidazole rings is 1. The fraction of sp³-hybridized carbons (Fsp3) is 0.294. The molecule has 1 aromatic carbocycles. The molecule has 3 aromatic rings. The molecular weight excluding hydrogens is 338 g/mol. The Kier molecular flexibility index (Phi) is 5.49. The van der Waals surface area contributed by atoms with Crippen LogP contribution in [0.2, 0.25) is 0 Å². The van der Waals surface area contributed by atoms with Gasteiger partial charge in [0.1, 0.15) is 0 Å². The molecule has 8 heteroatoms. The third-order valence-electron chi connectivity index (χ3n) is 3.62. The van der Waals surface area contributed by atoms with Crippen LogP contribution in [-0.2, 0) is 4.79 Å². The molecule has 1 amide bonds. The Morgan fingerprint density at radius 1 is 1.32 bits per heavy atom. The highest BCUT2D eigenvalue weighted by Crippen LogP contribution is 2.25. The Morgan fingerprint density at radius 3 is 2.88 bits per heavy atom. The minimum atomic E-state index is -0.297. The van der Waals surface area contributed by atoms with Crippen LogP contribution in [-0.4, -0.2) is 37.7 Å². The monoisotopic (exact) mass is 357 g/mol. The van der Waals surface area contributed by atoms with E-state index in [0.29, 0.717) is 17.3 Å². The molecule has 3 rings (SSSR count). The molecule has 130 valence electrons. The number of benzene rings is 1. The molecule has 0 spiro atoms. The van der Waals surface area contributed by atoms with Crippen LogP contribution in [0.5, 0.6) is 0 Å². The molecule has 0 radical (unpaired) electrons. The van der Waals surface area contributed by atoms with Gasteiger partial charge in [-0.2, -0.15) is 0 Å². The van der Waals surface area contributed by atoms with Gasteiger partial charge in [0.15, 0.2) is 16.3 Å². The van der Waals surface area contributed by atoms with Crippen molar-refractivity contribution in [2.45, 2.75) is 24.9 Å². The Morgan fingerprint density at radius 2 is 2.12 bits per heavy atom. The maximum absolute atomic E-state index is 12.0. The van der Waals surface area contributed by atoms with Crippen LogP contribution in [0.3, 0.4) is 0 Å². The molecule has 25 heavy (non-hydrogen) atoms. The predicted molar refractivity (Wildman–Crippen MR) is 98.1 cm³/mol. The van der Waals surface area contributed by atoms with E-state index in [1.54, 1.807) is 4.57 Å². The lowest BCUT2D eigenvalue weighted by Crippen LogP contribution is -2.26. The number of H-pyrrole nitrogens is 1. The molecule has 0 aliphatic rings. The molecule has 0 unspecified atom stereocenters. The Hall–Kier alpha value is -2.61. The van der Waals surface area contributed by atoms with Crippen LogP contribution in [0, 0.1) is 0 Å². The van der Waals surface area contributed by atoms with Crippen molar-refractivity contribution in [2.24, 2.45) is 0 Å². The van der Waals surface area contributed by atoms with Crippen molar-refractivity contribution in [3.8, 4) is 5.69 Å². The summed E-state index contributed by atoms with van der Waals surface area (Å²) in [5.74, 6) is 0.185. The van der Waals surface area contributed by atoms with Gasteiger partial charge in [0.05, 0.1) is 12.1 Å². The molecule has 0 bridgehead atoms. The molecular formula is C17H19N5O2S. The summed E-state index contributed by atoms with van der Waals surface area (Å²) < 4.78 is 1.80. The molecule has 2 N–H and O–H groups in total. The molecule has 0 aliphatic carbocycles. The quantitative estimate of drug-likeness (QED) is 0.499. The highest BCUT2D eigenvalue weighted by molar-refractivity contribution is 7.99. The first-order valence-corrected chi connectivity index (χ1v) is 9.10. The van der Waals surface area contributed by atoms with Crippen LogP contribution < -0.4 is 10.9 Å². The van der Waals surface area contributed by atoms with E-state index in [1.165, 1.54) is 18.1 Å². The van der Waals surface area contributed by atoms with E-state index in [4.69, 9.17) is 0 Å². The third-order valence-corrected chi connectivity index (χ3v) is 4.56. The number of hydrogen-bond acceptors (Lipinski definition) is 5. The highest BCUT2D eigenvalue weighted by Gasteiger charge is 2.17. The number of para-hydroxylation sites is 1. The molecule has 0 fully saturated rings. The predicted octanol–water partition coefficient (Wildman–Crippen LogP) is 2.12. The average molecular weight is 357 g/mol. The number of thioether (sulfide) groups is 1. The number of nitrogens with zero attached hydrogens (tertiary/aromatic N) is 3. The number of nitrogens with one attached hydrogen (secondary N) is 2. The summed E-state index contributed by atoms with van der Waals surface area (Å²) in [5, 5.41) is 3.44. The van der Waals surface area contributed by atoms with Crippen molar-refractivity contribution in [1.29, 1.82) is 0 Å². The highest BCUT2D eigenvalue weighted by atomic mass is 32.2. The van der Waals surface area contributed by atoms with E-state index in [9.17, 15) is 9.59 Å². The van der Waals surface area contributed by atoms with Crippen molar-refractivity contribution in [3.63, 3.8) is 0 Å². The summed E-state index contributed by atoms with van der Waals surface area (Å²) in [6.07, 6.45) is 3.35. The normalized spacial score (nSPS) is 10.9. The number of unbranched alkanes of at least 4 members (excludes halogenated alkanes) is 1. The minimum Gasteiger partial charge on any atom is -0.355 e. The van der Waals surface area contributed by atoms with E-state index in [1.807, 2.05) is 30.3 Å². The van der Waals surface area contributed by atoms with Crippen LogP contribution in [0.4, 0.5) is 0 Å². The number of fused-ring (bicyclic) bond motifs is 1. The van der Waals surface area contributed by atoms with Gasteiger partial charge >= 0.3 is 0 Å². The van der Waals surface area contributed by atoms with Gasteiger partial charge in [0.2, 0.25) is 5.91 Å². The van der Waals surface area contributed by atoms with Gasteiger partial charge in [-0.15, -0.1) is 0 Å². The first-order chi connectivity index (χ1) is 12.2. The van der Waals surface area contributed by atoms with Gasteiger partial charge in [-0.05, 0) is 18.6 Å². The number of aromatic amines is 1. The summed E-state index contributed by atoms with van der Waals surface area (Å²) in [6.45, 7) is 2.75. The van der Waals surface area contributed by atoms with Gasteiger partial charge in [-0.3, -0.25) is 14.2 Å². The lowest BCUT2D eigenvalue weighted by atomic mass is 10.3. The smallest absolute Gasteiger partial charge is 0.278 e. The second-order valence-corrected chi connectivity index (χ2v) is 6.40. The largest absolute Gasteiger partial charge is 0.355 e. The second-order valence-electron chi connectivity index (χ2n) is 5.46. The fourth-order valence-electron chi connectivity index (χ4n) is 2.38. The van der Waals surface area contributed by atoms with Gasteiger partial charge in [0.25, 0.3) is 5.56 Å². The zero-order valence-corrected chi connectivity index (χ0v) is 14.7. The summed E-state index contributed by atoms with van der Waals surface area (Å²) in [4.78, 5) is 35.2. The number of carbonyl (C=O) groups excluding carboxylic acids is 1. The first kappa shape index (κ1) is 17.2. The summed E-state index contributed by atoms with van der Waals surface area (Å²) >= 11 is 1.29. The molecule has 2 aromatic heterocycles. The van der Waals surface area contributed by atoms with Crippen molar-refractivity contribution >= 4 is 28.8 Å². The Labute approximate surface area is 148 Å². The van der Waals surface area contributed by atoms with E-state index in [2.05, 4.69) is 27.2 Å². The molecule has 0 aliphatic heterocycles. The number of aromatic nitrogens is 4. The summed E-state index contributed by atoms with van der Waals surface area (Å²) in [6, 6.07) is 9.54. The van der Waals surface area contributed by atoms with Crippen molar-refractivity contribution in [2.75, 3.05) is 12.3 Å². The van der Waals surface area contributed by atoms with E-state index in [0.717, 1.165) is 18.5 Å². The van der Waals surface area contributed by atoms with Crippen LogP contribution in [0.25, 0.3) is 16.9 Å². The Bertz CT molecular complexity index is 920. The minimum absolute atomic E-state index is 0.0491. The molecule has 2 heterocycles. The second kappa shape index (κ2) is 7.98. The Balaban J connectivity index is 1.91. The fourth-order valence-corrected chi connectivity index (χ4v) is 3.22. The third kappa shape index (κ3) is 3.90. The maximum Gasteiger partial charge on any atom is 0.278 e. The van der Waals surface area contributed by atoms with Gasteiger partial charge in [-0.25, -0.2) is 9.97 Å². The maximum atomic E-state index is 12.0. The average Bonchev–Trinajstić information content (AvgIpc) is 3.01. The van der Waals surface area contributed by atoms with Gasteiger partial charge in [-0.1, -0.05) is 43.3 Å². The zero-order valence-electron chi connectivity index (χ0n) is 13.9. The van der Waals surface area contributed by atoms with Gasteiger partial charge in [0, 0.05) is 12.2 Å². The number of hydrogen-bond donors (Lipinski definition) is 2. The number of amides is 1. The molecule has 0 atom stereocenters. The van der Waals surface area contributed by atoms with E-state index in [-0.39, 0.29) is 22.7 Å². The lowest BCUT2D eigenvalue weighted by Gasteiger charge is -2.08. The van der Waals surface area contributed by atoms with E-state index < -0.39 is 0 Å². The van der Waals surface area contributed by atoms with Crippen LogP contribution in [0.1, 0.15) is 19.8 Å². The molecule has 7 nitrogen and oxygen atoms in total. The van der Waals surface area contributed by atoms with Crippen molar-refractivity contribution < 1.29 is 4.79 Å². The molecule has 0 saturated carbocycles. The van der Waals surface area contributed by atoms with Crippen molar-refractivity contribution in [3.05, 3.63) is 47.0 Å². The lowest BCUT2D eigenvalue weighted by molar-refractivity contribution is -0.118. The van der Waals surface area contributed by atoms with Crippen molar-refractivity contribution in [1.82, 2.24) is 24.8 Å². The number of carbonyl (C=O) groups is 1. The first-order valence-electron chi connectivity index (χ1n) is 8.11. The topological polar surface area (TPSA) is 92.7 Å².